The summed E-state index contributed by atoms with van der Waals surface area (Å²) >= 11 is 0. The van der Waals surface area contributed by atoms with Crippen LogP contribution in [0.2, 0.25) is 0 Å². The maximum atomic E-state index is 12.4. The molecule has 25 heavy (non-hydrogen) atoms. The largest absolute Gasteiger partial charge is 0.491 e. The van der Waals surface area contributed by atoms with Crippen molar-refractivity contribution in [3.63, 3.8) is 0 Å². The van der Waals surface area contributed by atoms with Gasteiger partial charge in [0.05, 0.1) is 19.6 Å². The van der Waals surface area contributed by atoms with E-state index in [0.717, 1.165) is 11.3 Å². The Bertz CT molecular complexity index is 583. The number of carbonyl (C=O) groups excluding carboxylic acids is 2. The standard InChI is InChI=1S/C19H27NO5/c1-15(2)25-17-7-4-6-16(14-17)8-9-18(22)20(11-5-13-21)12-10-19(23)24-3/h4,6-9,14-15,21H,5,10-13H2,1-3H3/b9-8+. The molecule has 0 aliphatic carbocycles. The first-order valence-electron chi connectivity index (χ1n) is 8.37. The number of aliphatic hydroxyl groups excluding tert-OH is 1. The number of nitrogens with zero attached hydrogens (tertiary/aromatic N) is 1. The summed E-state index contributed by atoms with van der Waals surface area (Å²) in [6, 6.07) is 7.46. The molecule has 0 bridgehead atoms. The van der Waals surface area contributed by atoms with Gasteiger partial charge in [-0.25, -0.2) is 0 Å². The van der Waals surface area contributed by atoms with Gasteiger partial charge < -0.3 is 19.5 Å². The molecule has 1 N–H and O–H groups in total. The van der Waals surface area contributed by atoms with Crippen LogP contribution in [0.15, 0.2) is 30.3 Å². The smallest absolute Gasteiger partial charge is 0.307 e. The van der Waals surface area contributed by atoms with Crippen LogP contribution in [-0.4, -0.2) is 54.8 Å². The topological polar surface area (TPSA) is 76.1 Å². The number of amides is 1. The van der Waals surface area contributed by atoms with Crippen LogP contribution in [0.5, 0.6) is 5.75 Å². The Morgan fingerprint density at radius 3 is 2.68 bits per heavy atom. The minimum Gasteiger partial charge on any atom is -0.491 e. The van der Waals surface area contributed by atoms with Gasteiger partial charge in [0.15, 0.2) is 0 Å². The molecule has 0 heterocycles. The monoisotopic (exact) mass is 349 g/mol. The Labute approximate surface area is 149 Å². The molecule has 0 aliphatic rings. The average molecular weight is 349 g/mol. The van der Waals surface area contributed by atoms with Crippen LogP contribution in [0, 0.1) is 0 Å². The van der Waals surface area contributed by atoms with E-state index in [-0.39, 0.29) is 37.6 Å². The Morgan fingerprint density at radius 2 is 2.04 bits per heavy atom. The first-order valence-corrected chi connectivity index (χ1v) is 8.37. The lowest BCUT2D eigenvalue weighted by Crippen LogP contribution is -2.33. The number of aliphatic hydroxyl groups is 1. The molecule has 1 aromatic rings. The van der Waals surface area contributed by atoms with Gasteiger partial charge in [-0.2, -0.15) is 0 Å². The second-order valence-electron chi connectivity index (χ2n) is 5.80. The van der Waals surface area contributed by atoms with Crippen LogP contribution in [0.25, 0.3) is 6.08 Å². The average Bonchev–Trinajstić information content (AvgIpc) is 2.59. The molecule has 0 aliphatic heterocycles. The van der Waals surface area contributed by atoms with Crippen LogP contribution >= 0.6 is 0 Å². The van der Waals surface area contributed by atoms with Crippen molar-refractivity contribution in [3.8, 4) is 5.75 Å². The van der Waals surface area contributed by atoms with Crippen molar-refractivity contribution in [3.05, 3.63) is 35.9 Å². The minimum atomic E-state index is -0.371. The number of methoxy groups -OCH3 is 1. The van der Waals surface area contributed by atoms with E-state index < -0.39 is 0 Å². The summed E-state index contributed by atoms with van der Waals surface area (Å²) in [6.45, 7) is 4.53. The van der Waals surface area contributed by atoms with Crippen LogP contribution in [0.3, 0.4) is 0 Å². The number of ether oxygens (including phenoxy) is 2. The molecule has 0 spiro atoms. The lowest BCUT2D eigenvalue weighted by atomic mass is 10.2. The molecule has 0 saturated carbocycles. The number of esters is 1. The van der Waals surface area contributed by atoms with Crippen molar-refractivity contribution in [1.82, 2.24) is 4.90 Å². The number of rotatable bonds is 10. The third-order valence-electron chi connectivity index (χ3n) is 3.36. The first-order chi connectivity index (χ1) is 12.0. The minimum absolute atomic E-state index is 0.0136. The number of carbonyl (C=O) groups is 2. The molecule has 138 valence electrons. The second-order valence-corrected chi connectivity index (χ2v) is 5.80. The molecular weight excluding hydrogens is 322 g/mol. The molecular formula is C19H27NO5. The third-order valence-corrected chi connectivity index (χ3v) is 3.36. The van der Waals surface area contributed by atoms with Gasteiger partial charge in [0.25, 0.3) is 0 Å². The van der Waals surface area contributed by atoms with E-state index in [9.17, 15) is 9.59 Å². The Morgan fingerprint density at radius 1 is 1.28 bits per heavy atom. The predicted octanol–water partition coefficient (Wildman–Crippen LogP) is 2.26. The fraction of sp³-hybridized carbons (Fsp3) is 0.474. The second kappa shape index (κ2) is 11.3. The van der Waals surface area contributed by atoms with E-state index in [1.165, 1.54) is 18.1 Å². The maximum Gasteiger partial charge on any atom is 0.307 e. The molecule has 0 unspecified atom stereocenters. The van der Waals surface area contributed by atoms with E-state index in [1.807, 2.05) is 38.1 Å². The van der Waals surface area contributed by atoms with E-state index in [2.05, 4.69) is 4.74 Å². The molecule has 6 nitrogen and oxygen atoms in total. The van der Waals surface area contributed by atoms with Crippen molar-refractivity contribution in [2.75, 3.05) is 26.8 Å². The van der Waals surface area contributed by atoms with Crippen molar-refractivity contribution in [1.29, 1.82) is 0 Å². The Hall–Kier alpha value is -2.34. The molecule has 0 aromatic heterocycles. The van der Waals surface area contributed by atoms with Gasteiger partial charge in [0.1, 0.15) is 5.75 Å². The lowest BCUT2D eigenvalue weighted by Gasteiger charge is -2.20. The number of benzene rings is 1. The van der Waals surface area contributed by atoms with Crippen molar-refractivity contribution in [2.45, 2.75) is 32.8 Å². The number of hydrogen-bond acceptors (Lipinski definition) is 5. The molecule has 0 saturated heterocycles. The third kappa shape index (κ3) is 8.35. The van der Waals surface area contributed by atoms with Crippen LogP contribution in [-0.2, 0) is 14.3 Å². The van der Waals surface area contributed by atoms with Crippen molar-refractivity contribution in [2.24, 2.45) is 0 Å². The van der Waals surface area contributed by atoms with Gasteiger partial charge in [-0.1, -0.05) is 12.1 Å². The SMILES string of the molecule is COC(=O)CCN(CCCO)C(=O)/C=C/c1cccc(OC(C)C)c1. The lowest BCUT2D eigenvalue weighted by molar-refractivity contribution is -0.141. The molecule has 1 aromatic carbocycles. The fourth-order valence-electron chi connectivity index (χ4n) is 2.16. The summed E-state index contributed by atoms with van der Waals surface area (Å²) in [5, 5.41) is 8.97. The highest BCUT2D eigenvalue weighted by Gasteiger charge is 2.12. The summed E-state index contributed by atoms with van der Waals surface area (Å²) in [5.74, 6) is 0.157. The predicted molar refractivity (Wildman–Crippen MR) is 96.2 cm³/mol. The summed E-state index contributed by atoms with van der Waals surface area (Å²) in [6.07, 6.45) is 3.83. The molecule has 1 amide bonds. The van der Waals surface area contributed by atoms with Crippen LogP contribution in [0.4, 0.5) is 0 Å². The maximum absolute atomic E-state index is 12.4. The zero-order valence-electron chi connectivity index (χ0n) is 15.1. The molecule has 0 radical (unpaired) electrons. The Balaban J connectivity index is 2.73. The summed E-state index contributed by atoms with van der Waals surface area (Å²) < 4.78 is 10.2. The van der Waals surface area contributed by atoms with E-state index >= 15 is 0 Å². The normalized spacial score (nSPS) is 10.9. The van der Waals surface area contributed by atoms with Gasteiger partial charge in [-0.15, -0.1) is 0 Å². The molecule has 6 heteroatoms. The van der Waals surface area contributed by atoms with Crippen molar-refractivity contribution < 1.29 is 24.2 Å². The summed E-state index contributed by atoms with van der Waals surface area (Å²) in [5.41, 5.74) is 0.849. The highest BCUT2D eigenvalue weighted by Crippen LogP contribution is 2.16. The molecule has 1 rings (SSSR count). The molecule has 0 atom stereocenters. The highest BCUT2D eigenvalue weighted by molar-refractivity contribution is 5.92. The van der Waals surface area contributed by atoms with Gasteiger partial charge in [-0.05, 0) is 44.0 Å². The van der Waals surface area contributed by atoms with Crippen LogP contribution < -0.4 is 4.74 Å². The zero-order valence-corrected chi connectivity index (χ0v) is 15.1. The van der Waals surface area contributed by atoms with Gasteiger partial charge in [0, 0.05) is 25.8 Å². The fourth-order valence-corrected chi connectivity index (χ4v) is 2.16. The van der Waals surface area contributed by atoms with E-state index in [1.54, 1.807) is 6.08 Å². The highest BCUT2D eigenvalue weighted by atomic mass is 16.5. The zero-order chi connectivity index (χ0) is 18.7. The van der Waals surface area contributed by atoms with Gasteiger partial charge >= 0.3 is 5.97 Å². The Kier molecular flexibility index (Phi) is 9.32. The molecule has 0 fully saturated rings. The quantitative estimate of drug-likeness (QED) is 0.518. The van der Waals surface area contributed by atoms with E-state index in [0.29, 0.717) is 13.0 Å². The van der Waals surface area contributed by atoms with Gasteiger partial charge in [-0.3, -0.25) is 9.59 Å². The summed E-state index contributed by atoms with van der Waals surface area (Å²) in [4.78, 5) is 25.2. The van der Waals surface area contributed by atoms with Crippen LogP contribution in [0.1, 0.15) is 32.3 Å². The summed E-state index contributed by atoms with van der Waals surface area (Å²) in [7, 11) is 1.31. The van der Waals surface area contributed by atoms with Crippen molar-refractivity contribution >= 4 is 18.0 Å². The van der Waals surface area contributed by atoms with E-state index in [4.69, 9.17) is 9.84 Å². The first kappa shape index (κ1) is 20.7. The van der Waals surface area contributed by atoms with Gasteiger partial charge in [0.2, 0.25) is 5.91 Å². The number of hydrogen-bond donors (Lipinski definition) is 1.